The highest BCUT2D eigenvalue weighted by atomic mass is 127. The molecule has 7 aliphatic rings. The van der Waals surface area contributed by atoms with Gasteiger partial charge in [0.15, 0.2) is 36.2 Å². The number of methoxy groups -OCH3 is 4. The fourth-order valence-corrected chi connectivity index (χ4v) is 22.2. The number of hydrogen-bond donors (Lipinski definition) is 13. The lowest BCUT2D eigenvalue weighted by molar-refractivity contribution is -0.344. The Balaban J connectivity index is 0.871. The monoisotopic (exact) mass is 2040 g/mol. The van der Waals surface area contributed by atoms with Crippen LogP contribution in [0.2, 0.25) is 0 Å². The molecule has 3 unspecified atom stereocenters. The Morgan fingerprint density at radius 1 is 0.744 bits per heavy atom. The van der Waals surface area contributed by atoms with Crippen LogP contribution in [0, 0.1) is 69.2 Å². The van der Waals surface area contributed by atoms with Crippen molar-refractivity contribution in [2.24, 2.45) is 46.5 Å². The van der Waals surface area contributed by atoms with Crippen LogP contribution >= 0.6 is 55.9 Å². The molecule has 4 aliphatic heterocycles. The number of aliphatic hydroxyl groups excluding tert-OH is 4. The minimum absolute atomic E-state index is 0.0121. The zero-order valence-electron chi connectivity index (χ0n) is 79.9. The van der Waals surface area contributed by atoms with E-state index < -0.39 is 162 Å². The van der Waals surface area contributed by atoms with Crippen LogP contribution in [0.5, 0.6) is 17.2 Å². The SMILES string of the molecule is CCN(CC(=O)CCCCNCCCCNCCCNC(=O)[C@H](CCCNC(N)=O)CC(=O)[C@@H](NC(=O)[C@H](CCCCN)CC(C)=O)C(C)C)[C@H]1CO[C@@H](O[C@H]2[C@H](O[C@H]3C#C/C=C(/C)C#CC45C(CC(C)=O)C(=O)C[C@]4(O)/C(=C/CSSC(C)C)C35)O[C@H](C)[C@@H](NO[C@H]3C[C@H](O)[C@H](SC(=O)c4c(C)c(I)c(O[C@@H]5O[C@@H](C)[C@H](O)[C@@H](OC)[C@H]5O)c(OC)c4OC)[C@@H](C)O3)[C@@H]2O)C[C@@H]1OC. The molecule has 35 nitrogen and oxygen atoms in total. The van der Waals surface area contributed by atoms with Gasteiger partial charge in [0, 0.05) is 113 Å². The van der Waals surface area contributed by atoms with E-state index in [2.05, 4.69) is 69.6 Å². The number of ketones is 5. The summed E-state index contributed by atoms with van der Waals surface area (Å²) in [6.07, 6.45) is -7.59. The maximum absolute atomic E-state index is 14.7. The molecule has 0 bridgehead atoms. The molecule has 4 amide bonds. The second-order valence-corrected chi connectivity index (χ2v) is 41.4. The van der Waals surface area contributed by atoms with Gasteiger partial charge in [-0.1, -0.05) is 104 Å². The fraction of sp³-hybridized carbons (Fsp3) is 0.755. The number of halogens is 1. The normalized spacial score (nSPS) is 30.4. The number of allylic oxidation sites excluding steroid dienone is 2. The number of rotatable bonds is 56. The molecule has 3 aliphatic carbocycles. The lowest BCUT2D eigenvalue weighted by atomic mass is 9.44. The Morgan fingerprint density at radius 2 is 1.41 bits per heavy atom. The van der Waals surface area contributed by atoms with Crippen molar-refractivity contribution in [1.29, 1.82) is 0 Å². The van der Waals surface area contributed by atoms with Crippen molar-refractivity contribution in [3.05, 3.63) is 38.0 Å². The number of primary amides is 1. The van der Waals surface area contributed by atoms with E-state index in [0.717, 1.165) is 50.7 Å². The number of nitrogens with one attached hydrogen (secondary N) is 6. The van der Waals surface area contributed by atoms with Crippen LogP contribution in [0.25, 0.3) is 0 Å². The third-order valence-electron chi connectivity index (χ3n) is 25.6. The largest absolute Gasteiger partial charge is 0.492 e. The Hall–Kier alpha value is -5.53. The molecule has 1 aromatic carbocycles. The highest BCUT2D eigenvalue weighted by Crippen LogP contribution is 2.70. The summed E-state index contributed by atoms with van der Waals surface area (Å²) in [7, 11) is 8.87. The van der Waals surface area contributed by atoms with Crippen LogP contribution in [0.1, 0.15) is 201 Å². The van der Waals surface area contributed by atoms with Gasteiger partial charge in [0.25, 0.3) is 0 Å². The summed E-state index contributed by atoms with van der Waals surface area (Å²) < 4.78 is 69.7. The number of ether oxygens (including phenoxy) is 11. The minimum Gasteiger partial charge on any atom is -0.492 e. The van der Waals surface area contributed by atoms with E-state index in [4.69, 9.17) is 68.4 Å². The average molecular weight is 2040 g/mol. The van der Waals surface area contributed by atoms with E-state index in [1.54, 1.807) is 69.4 Å². The molecule has 748 valence electrons. The van der Waals surface area contributed by atoms with Gasteiger partial charge in [-0.3, -0.25) is 38.5 Å². The van der Waals surface area contributed by atoms with Gasteiger partial charge in [0.1, 0.15) is 65.4 Å². The minimum atomic E-state index is -1.79. The van der Waals surface area contributed by atoms with Gasteiger partial charge < -0.3 is 125 Å². The van der Waals surface area contributed by atoms with E-state index in [1.807, 2.05) is 54.3 Å². The zero-order valence-corrected chi connectivity index (χ0v) is 84.5. The molecule has 15 N–H and O–H groups in total. The Bertz CT molecular complexity index is 4240. The number of thioether (sulfide) groups is 1. The first-order valence-electron chi connectivity index (χ1n) is 46.7. The third-order valence-corrected chi connectivity index (χ3v) is 31.1. The molecule has 0 aromatic heterocycles. The van der Waals surface area contributed by atoms with E-state index in [9.17, 15) is 68.7 Å². The molecule has 4 saturated heterocycles. The number of unbranched alkanes of at least 4 members (excludes halogenated alkanes) is 3. The molecular formula is C94H146IN9O26S3. The van der Waals surface area contributed by atoms with Gasteiger partial charge in [-0.2, -0.15) is 5.48 Å². The van der Waals surface area contributed by atoms with E-state index in [-0.39, 0.29) is 133 Å². The number of Topliss-reactive ketones (excluding diaryl/α,β-unsaturated/α-hetero) is 5. The van der Waals surface area contributed by atoms with Crippen LogP contribution in [0.15, 0.2) is 23.3 Å². The highest BCUT2D eigenvalue weighted by molar-refractivity contribution is 14.1. The van der Waals surface area contributed by atoms with Gasteiger partial charge in [-0.25, -0.2) is 4.79 Å². The number of nitrogens with zero attached hydrogens (tertiary/aromatic N) is 1. The third kappa shape index (κ3) is 30.3. The first-order valence-corrected chi connectivity index (χ1v) is 51.0. The molecule has 39 heteroatoms. The topological polar surface area (TPSA) is 493 Å². The van der Waals surface area contributed by atoms with Gasteiger partial charge in [-0.15, -0.1) is 0 Å². The number of likely N-dealkylation sites (N-methyl/N-ethyl adjacent to an activating group) is 1. The summed E-state index contributed by atoms with van der Waals surface area (Å²) in [4.78, 5) is 129. The van der Waals surface area contributed by atoms with E-state index in [1.165, 1.54) is 35.2 Å². The lowest BCUT2D eigenvalue weighted by Crippen LogP contribution is -2.69. The number of carbonyl (C=O) groups is 9. The van der Waals surface area contributed by atoms with Crippen LogP contribution in [-0.4, -0.2) is 309 Å². The Kier molecular flexibility index (Phi) is 46.5. The van der Waals surface area contributed by atoms with Crippen molar-refractivity contribution < 1.29 is 126 Å². The van der Waals surface area contributed by atoms with Crippen molar-refractivity contribution in [3.8, 4) is 40.9 Å². The predicted molar refractivity (Wildman–Crippen MR) is 511 cm³/mol. The number of hydrogen-bond acceptors (Lipinski definition) is 34. The fourth-order valence-electron chi connectivity index (χ4n) is 18.6. The van der Waals surface area contributed by atoms with E-state index in [0.29, 0.717) is 104 Å². The van der Waals surface area contributed by atoms with Crippen LogP contribution in [0.3, 0.4) is 0 Å². The number of nitrogens with two attached hydrogens (primary N) is 2. The van der Waals surface area contributed by atoms with E-state index >= 15 is 0 Å². The summed E-state index contributed by atoms with van der Waals surface area (Å²) in [5, 5.41) is 74.2. The predicted octanol–water partition coefficient (Wildman–Crippen LogP) is 6.13. The molecule has 0 radical (unpaired) electrons. The molecule has 1 aromatic rings. The molecule has 25 atom stereocenters. The first kappa shape index (κ1) is 113. The van der Waals surface area contributed by atoms with Crippen molar-refractivity contribution >= 4 is 108 Å². The molecule has 2 saturated carbocycles. The van der Waals surface area contributed by atoms with Crippen molar-refractivity contribution in [2.75, 3.05) is 99.7 Å². The van der Waals surface area contributed by atoms with Crippen LogP contribution in [-0.2, 0) is 76.3 Å². The highest BCUT2D eigenvalue weighted by Gasteiger charge is 2.78. The smallest absolute Gasteiger partial charge is 0.312 e. The summed E-state index contributed by atoms with van der Waals surface area (Å²) >= 11 is 2.82. The van der Waals surface area contributed by atoms with Crippen molar-refractivity contribution in [2.45, 2.75) is 319 Å². The number of aliphatic hydroxyl groups is 5. The van der Waals surface area contributed by atoms with Gasteiger partial charge in [-0.05, 0) is 191 Å². The second-order valence-electron chi connectivity index (χ2n) is 36.2. The molecule has 4 heterocycles. The Morgan fingerprint density at radius 3 is 2.05 bits per heavy atom. The van der Waals surface area contributed by atoms with Gasteiger partial charge >= 0.3 is 6.03 Å². The molecule has 8 rings (SSSR count). The quantitative estimate of drug-likeness (QED) is 0.00871. The second kappa shape index (κ2) is 54.9. The van der Waals surface area contributed by atoms with Crippen LogP contribution in [0.4, 0.5) is 4.79 Å². The number of urea groups is 1. The van der Waals surface area contributed by atoms with Gasteiger partial charge in [0.05, 0.1) is 95.8 Å². The maximum Gasteiger partial charge on any atom is 0.312 e. The molecular weight excluding hydrogens is 1890 g/mol. The van der Waals surface area contributed by atoms with Crippen molar-refractivity contribution in [3.63, 3.8) is 0 Å². The molecule has 1 spiro atoms. The summed E-state index contributed by atoms with van der Waals surface area (Å²) in [5.41, 5.74) is 12.1. The first-order chi connectivity index (χ1) is 63.3. The number of hydroxylamine groups is 1. The number of carbonyl (C=O) groups excluding carboxylic acids is 9. The molecule has 133 heavy (non-hydrogen) atoms. The van der Waals surface area contributed by atoms with Gasteiger partial charge in [0.2, 0.25) is 29.0 Å². The molecule has 6 fully saturated rings. The Labute approximate surface area is 809 Å². The zero-order chi connectivity index (χ0) is 97.7. The average Bonchev–Trinajstić information content (AvgIpc) is 1.52. The van der Waals surface area contributed by atoms with Crippen LogP contribution < -0.4 is 57.7 Å². The van der Waals surface area contributed by atoms with Crippen molar-refractivity contribution in [1.82, 2.24) is 37.0 Å². The summed E-state index contributed by atoms with van der Waals surface area (Å²) in [6, 6.07) is -3.09. The summed E-state index contributed by atoms with van der Waals surface area (Å²) in [6.45, 7) is 25.6. The summed E-state index contributed by atoms with van der Waals surface area (Å²) in [5.74, 6) is 8.30. The standard InChI is InChI=1S/C94H146IN9O26S3/c1-17-104(49-62(107)30-19-21-36-98-37-22-23-38-99-39-26-41-100-87(114)61(29-25-40-101-92(97)117)45-66(108)76(51(2)3)102-88(115)60(43-54(7)105)28-18-20-35-96)65-50-123-71(47-70(65)119-13)128-84-79(112)77(57(10)125-91(84)127-69-31-24-27-53(6)32-34-93-64(44-55(8)106)68(110)48-94(93,118)63(74(69)93)33-42-131-133-52(4)5)103-130-72-46-67(109)86(59(12)124-72)132-89(116)73-56(9)75(95)82(85(122-16)81(73)120-14)129-90-80(113)83(121-15)78(111)58(11)126-90/h27,33,51-52,57-61,64-65,67,69-72,74,76-80,83-84,86,90-91,98-99,103,109,111-113,118H,17-23,25-26,28-30,35-50,96H2,1-16H3,(H,100,114)(H,102,115)(H3,97,101,117)/b53-27-,63-33+/t57-,58+,59-,60-,61-,64?,65+,67+,69+,70+,71+,72+,74?,76+,77-,78+,79+,80-,83-,84-,86-,90+,91+,93?,94+/m1/s1. The number of amides is 4. The number of benzene rings is 1. The maximum atomic E-state index is 14.7. The lowest BCUT2D eigenvalue weighted by Gasteiger charge is -2.60.